The van der Waals surface area contributed by atoms with Gasteiger partial charge in [0, 0.05) is 40.7 Å². The van der Waals surface area contributed by atoms with Crippen molar-refractivity contribution in [2.24, 2.45) is 0 Å². The van der Waals surface area contributed by atoms with Crippen LogP contribution >= 0.6 is 0 Å². The lowest BCUT2D eigenvalue weighted by Crippen LogP contribution is -2.48. The summed E-state index contributed by atoms with van der Waals surface area (Å²) in [6.45, 7) is 4.87. The van der Waals surface area contributed by atoms with Gasteiger partial charge in [-0.15, -0.1) is 0 Å². The Bertz CT molecular complexity index is 2670. The molecule has 6 heterocycles. The van der Waals surface area contributed by atoms with Crippen molar-refractivity contribution >= 4 is 34.9 Å². The van der Waals surface area contributed by atoms with Crippen molar-refractivity contribution in [2.75, 3.05) is 27.3 Å². The molecule has 63 heavy (non-hydrogen) atoms. The number of imidazole rings is 2. The van der Waals surface area contributed by atoms with Crippen LogP contribution in [-0.4, -0.2) is 97.7 Å². The van der Waals surface area contributed by atoms with Gasteiger partial charge in [0.05, 0.1) is 61.3 Å². The summed E-state index contributed by atoms with van der Waals surface area (Å²) in [5, 5.41) is 6.36. The van der Waals surface area contributed by atoms with Crippen LogP contribution in [0.4, 0.5) is 9.59 Å². The van der Waals surface area contributed by atoms with Gasteiger partial charge in [-0.25, -0.2) is 19.6 Å². The van der Waals surface area contributed by atoms with E-state index in [1.807, 2.05) is 44.3 Å². The third-order valence-corrected chi connectivity index (χ3v) is 12.5. The number of alkyl carbamates (subject to hydrolysis) is 2. The molecule has 9 rings (SSSR count). The zero-order chi connectivity index (χ0) is 43.8. The number of H-pyrrole nitrogens is 2. The molecule has 4 N–H and O–H groups in total. The van der Waals surface area contributed by atoms with Crippen molar-refractivity contribution in [3.63, 3.8) is 0 Å². The SMILES string of the molecule is CC[C@H](NC(=O)OC)C(=O)N1CCC[C@H]1c1ncc(-c2ccc3c(c2)O[C@@H](c2ccccc2)n2c-3cc3cc(-c4cnc([C@@H]5CCCN5C(=O)[C@H](CC)NC(=O)OC)[nH]4)ccc32)[nH]1. The van der Waals surface area contributed by atoms with Gasteiger partial charge in [-0.1, -0.05) is 56.3 Å². The first-order valence-corrected chi connectivity index (χ1v) is 21.6. The Morgan fingerprint density at radius 1 is 0.746 bits per heavy atom. The molecule has 3 aliphatic heterocycles. The van der Waals surface area contributed by atoms with E-state index in [4.69, 9.17) is 24.2 Å². The third-order valence-electron chi connectivity index (χ3n) is 12.5. The van der Waals surface area contributed by atoms with Crippen LogP contribution in [0.3, 0.4) is 0 Å². The molecule has 0 aliphatic carbocycles. The fourth-order valence-corrected chi connectivity index (χ4v) is 9.28. The van der Waals surface area contributed by atoms with Gasteiger partial charge in [0.2, 0.25) is 18.0 Å². The molecule has 3 aromatic carbocycles. The maximum Gasteiger partial charge on any atom is 0.407 e. The van der Waals surface area contributed by atoms with E-state index in [2.05, 4.69) is 73.7 Å². The maximum atomic E-state index is 13.6. The van der Waals surface area contributed by atoms with E-state index in [-0.39, 0.29) is 23.9 Å². The van der Waals surface area contributed by atoms with E-state index >= 15 is 0 Å². The summed E-state index contributed by atoms with van der Waals surface area (Å²) >= 11 is 0. The Kier molecular flexibility index (Phi) is 11.4. The van der Waals surface area contributed by atoms with Crippen molar-refractivity contribution in [1.82, 2.24) is 44.9 Å². The Hall–Kier alpha value is -7.10. The molecule has 16 nitrogen and oxygen atoms in total. The number of methoxy groups -OCH3 is 2. The van der Waals surface area contributed by atoms with E-state index in [0.717, 1.165) is 81.7 Å². The number of hydrogen-bond acceptors (Lipinski definition) is 9. The van der Waals surface area contributed by atoms with Gasteiger partial charge in [-0.05, 0) is 68.9 Å². The van der Waals surface area contributed by atoms with Crippen LogP contribution in [0.25, 0.3) is 44.7 Å². The average Bonchev–Trinajstić information content (AvgIpc) is 4.18. The third kappa shape index (κ3) is 7.74. The second-order valence-corrected chi connectivity index (χ2v) is 16.2. The standard InChI is InChI=1S/C47H51N9O7/c1-5-32(52-46(59)61-3)43(57)54-20-10-14-37(54)41-48-25-34(50-41)28-17-19-36-30(22-28)23-39-31-18-16-29(24-40(31)63-45(56(36)39)27-12-8-7-9-13-27)35-26-49-42(51-35)38-15-11-21-55(38)44(58)33(6-2)53-47(60)62-4/h7-9,12-13,16-19,22-26,32-33,37-38,45H,5-6,10-11,14-15,20-21H2,1-4H3,(H,48,50)(H,49,51)(H,52,59)(H,53,60)/t32-,33-,37-,38-,45-/m0/s1. The van der Waals surface area contributed by atoms with Crippen LogP contribution in [0.5, 0.6) is 5.75 Å². The highest BCUT2D eigenvalue weighted by molar-refractivity contribution is 5.93. The number of carbonyl (C=O) groups excluding carboxylic acids is 4. The predicted molar refractivity (Wildman–Crippen MR) is 234 cm³/mol. The molecule has 0 spiro atoms. The quantitative estimate of drug-likeness (QED) is 0.102. The number of amides is 4. The zero-order valence-electron chi connectivity index (χ0n) is 35.7. The lowest BCUT2D eigenvalue weighted by molar-refractivity contribution is -0.135. The number of rotatable bonds is 11. The molecule has 6 aromatic rings. The average molecular weight is 854 g/mol. The van der Waals surface area contributed by atoms with Crippen molar-refractivity contribution in [3.8, 4) is 39.5 Å². The number of benzene rings is 3. The second kappa shape index (κ2) is 17.3. The van der Waals surface area contributed by atoms with Crippen LogP contribution < -0.4 is 15.4 Å². The van der Waals surface area contributed by atoms with Crippen LogP contribution in [-0.2, 0) is 19.1 Å². The van der Waals surface area contributed by atoms with Crippen LogP contribution in [0.15, 0.2) is 85.2 Å². The molecule has 0 bridgehead atoms. The summed E-state index contributed by atoms with van der Waals surface area (Å²) in [6.07, 6.45) is 5.96. The van der Waals surface area contributed by atoms with E-state index in [1.165, 1.54) is 14.2 Å². The smallest absolute Gasteiger partial charge is 0.407 e. The van der Waals surface area contributed by atoms with Gasteiger partial charge in [-0.2, -0.15) is 0 Å². The molecule has 0 radical (unpaired) electrons. The number of hydrogen-bond donors (Lipinski definition) is 4. The summed E-state index contributed by atoms with van der Waals surface area (Å²) in [5.41, 5.74) is 7.45. The van der Waals surface area contributed by atoms with Crippen molar-refractivity contribution in [2.45, 2.75) is 82.8 Å². The number of nitrogens with one attached hydrogen (secondary N) is 4. The minimum absolute atomic E-state index is 0.150. The molecule has 0 saturated carbocycles. The van der Waals surface area contributed by atoms with Gasteiger partial charge in [0.25, 0.3) is 0 Å². The predicted octanol–water partition coefficient (Wildman–Crippen LogP) is 7.62. The van der Waals surface area contributed by atoms with Crippen molar-refractivity contribution in [1.29, 1.82) is 0 Å². The molecule has 3 aliphatic rings. The molecular formula is C47H51N9O7. The Balaban J connectivity index is 1.00. The number of fused-ring (bicyclic) bond motifs is 5. The first-order valence-electron chi connectivity index (χ1n) is 21.6. The maximum absolute atomic E-state index is 13.6. The number of ether oxygens (including phenoxy) is 3. The fraction of sp³-hybridized carbons (Fsp3) is 0.362. The number of carbonyl (C=O) groups is 4. The summed E-state index contributed by atoms with van der Waals surface area (Å²) < 4.78 is 18.7. The molecule has 16 heteroatoms. The highest BCUT2D eigenvalue weighted by Gasteiger charge is 2.38. The second-order valence-electron chi connectivity index (χ2n) is 16.2. The molecule has 326 valence electrons. The van der Waals surface area contributed by atoms with Gasteiger partial charge in [0.15, 0.2) is 0 Å². The first kappa shape index (κ1) is 41.3. The van der Waals surface area contributed by atoms with Crippen LogP contribution in [0.1, 0.15) is 87.9 Å². The largest absolute Gasteiger partial charge is 0.465 e. The number of nitrogens with zero attached hydrogens (tertiary/aromatic N) is 5. The van der Waals surface area contributed by atoms with E-state index < -0.39 is 30.5 Å². The number of aromatic amines is 2. The van der Waals surface area contributed by atoms with Gasteiger partial charge >= 0.3 is 12.2 Å². The normalized spacial score (nSPS) is 18.9. The number of likely N-dealkylation sites (tertiary alicyclic amines) is 2. The van der Waals surface area contributed by atoms with Gasteiger partial charge in [-0.3, -0.25) is 9.59 Å². The summed E-state index contributed by atoms with van der Waals surface area (Å²) in [4.78, 5) is 71.1. The van der Waals surface area contributed by atoms with Crippen LogP contribution in [0, 0.1) is 0 Å². The fourth-order valence-electron chi connectivity index (χ4n) is 9.28. The minimum atomic E-state index is -0.686. The zero-order valence-corrected chi connectivity index (χ0v) is 35.7. The van der Waals surface area contributed by atoms with Gasteiger partial charge in [0.1, 0.15) is 29.5 Å². The van der Waals surface area contributed by atoms with E-state index in [0.29, 0.717) is 37.6 Å². The van der Waals surface area contributed by atoms with Gasteiger partial charge < -0.3 is 49.2 Å². The summed E-state index contributed by atoms with van der Waals surface area (Å²) in [6, 6.07) is 23.0. The molecular weight excluding hydrogens is 803 g/mol. The Morgan fingerprint density at radius 2 is 1.30 bits per heavy atom. The molecule has 2 saturated heterocycles. The molecule has 0 unspecified atom stereocenters. The Morgan fingerprint density at radius 3 is 1.86 bits per heavy atom. The minimum Gasteiger partial charge on any atom is -0.465 e. The molecule has 5 atom stereocenters. The Labute approximate surface area is 364 Å². The summed E-state index contributed by atoms with van der Waals surface area (Å²) in [7, 11) is 2.57. The topological polar surface area (TPSA) is 189 Å². The molecule has 3 aromatic heterocycles. The molecule has 4 amide bonds. The lowest BCUT2D eigenvalue weighted by atomic mass is 10.0. The lowest BCUT2D eigenvalue weighted by Gasteiger charge is -2.30. The van der Waals surface area contributed by atoms with Crippen molar-refractivity contribution < 1.29 is 33.4 Å². The molecule has 2 fully saturated rings. The highest BCUT2D eigenvalue weighted by atomic mass is 16.5. The highest BCUT2D eigenvalue weighted by Crippen LogP contribution is 2.46. The van der Waals surface area contributed by atoms with E-state index in [1.54, 1.807) is 16.0 Å². The monoisotopic (exact) mass is 853 g/mol. The summed E-state index contributed by atoms with van der Waals surface area (Å²) in [5.74, 6) is 1.82. The first-order chi connectivity index (χ1) is 30.7. The van der Waals surface area contributed by atoms with Crippen LogP contribution in [0.2, 0.25) is 0 Å². The van der Waals surface area contributed by atoms with Crippen molar-refractivity contribution in [3.05, 3.63) is 102 Å². The number of aromatic nitrogens is 5. The van der Waals surface area contributed by atoms with E-state index in [9.17, 15) is 19.2 Å².